The number of nitrogens with one attached hydrogen (secondary N) is 1. The standard InChI is InChI=1S/C16H17BrF3N5O/c1-24-8-10(6-22-24)15(26)23-12-3-2-4-25(9-12)14-13(17)5-11(7-21-14)16(18,19)20/h5-8,12H,2-4,9H2,1H3,(H,23,26). The Bertz CT molecular complexity index is 807. The van der Waals surface area contributed by atoms with Gasteiger partial charge >= 0.3 is 6.18 Å². The van der Waals surface area contributed by atoms with Crippen molar-refractivity contribution >= 4 is 27.7 Å². The van der Waals surface area contributed by atoms with E-state index in [1.807, 2.05) is 4.90 Å². The Kier molecular flexibility index (Phi) is 5.22. The lowest BCUT2D eigenvalue weighted by Gasteiger charge is -2.34. The molecule has 0 spiro atoms. The second-order valence-electron chi connectivity index (χ2n) is 6.19. The number of carbonyl (C=O) groups is 1. The summed E-state index contributed by atoms with van der Waals surface area (Å²) in [5.41, 5.74) is -0.329. The van der Waals surface area contributed by atoms with Crippen molar-refractivity contribution < 1.29 is 18.0 Å². The van der Waals surface area contributed by atoms with Crippen LogP contribution in [0.3, 0.4) is 0 Å². The topological polar surface area (TPSA) is 63.1 Å². The number of nitrogens with zero attached hydrogens (tertiary/aromatic N) is 4. The van der Waals surface area contributed by atoms with Gasteiger partial charge in [0.25, 0.3) is 5.91 Å². The molecule has 1 aliphatic rings. The molecule has 1 unspecified atom stereocenters. The van der Waals surface area contributed by atoms with Gasteiger partial charge in [0, 0.05) is 38.6 Å². The van der Waals surface area contributed by atoms with E-state index in [1.54, 1.807) is 17.9 Å². The van der Waals surface area contributed by atoms with Crippen LogP contribution in [-0.4, -0.2) is 39.8 Å². The van der Waals surface area contributed by atoms with Gasteiger partial charge in [0.2, 0.25) is 0 Å². The van der Waals surface area contributed by atoms with Gasteiger partial charge in [0.15, 0.2) is 0 Å². The number of hydrogen-bond donors (Lipinski definition) is 1. The van der Waals surface area contributed by atoms with Crippen molar-refractivity contribution in [2.75, 3.05) is 18.0 Å². The maximum Gasteiger partial charge on any atom is 0.417 e. The average Bonchev–Trinajstić information content (AvgIpc) is 3.01. The zero-order chi connectivity index (χ0) is 18.9. The van der Waals surface area contributed by atoms with Gasteiger partial charge in [-0.2, -0.15) is 18.3 Å². The van der Waals surface area contributed by atoms with Crippen molar-refractivity contribution in [3.63, 3.8) is 0 Å². The Morgan fingerprint density at radius 3 is 2.77 bits per heavy atom. The van der Waals surface area contributed by atoms with Crippen LogP contribution >= 0.6 is 15.9 Å². The molecule has 2 aromatic rings. The molecule has 6 nitrogen and oxygen atoms in total. The number of rotatable bonds is 3. The molecule has 0 bridgehead atoms. The van der Waals surface area contributed by atoms with Crippen molar-refractivity contribution in [2.24, 2.45) is 7.05 Å². The minimum Gasteiger partial charge on any atom is -0.354 e. The third-order valence-corrected chi connectivity index (χ3v) is 4.76. The lowest BCUT2D eigenvalue weighted by molar-refractivity contribution is -0.137. The average molecular weight is 432 g/mol. The van der Waals surface area contributed by atoms with Gasteiger partial charge < -0.3 is 10.2 Å². The number of anilines is 1. The fourth-order valence-corrected chi connectivity index (χ4v) is 3.51. The van der Waals surface area contributed by atoms with E-state index >= 15 is 0 Å². The Hall–Kier alpha value is -2.10. The molecule has 26 heavy (non-hydrogen) atoms. The van der Waals surface area contributed by atoms with Crippen LogP contribution in [0.5, 0.6) is 0 Å². The van der Waals surface area contributed by atoms with E-state index in [9.17, 15) is 18.0 Å². The monoisotopic (exact) mass is 431 g/mol. The molecule has 2 aromatic heterocycles. The number of aryl methyl sites for hydroxylation is 1. The highest BCUT2D eigenvalue weighted by Gasteiger charge is 2.32. The van der Waals surface area contributed by atoms with Crippen LogP contribution in [0, 0.1) is 0 Å². The molecule has 10 heteroatoms. The first-order chi connectivity index (χ1) is 12.2. The van der Waals surface area contributed by atoms with Crippen LogP contribution in [0.2, 0.25) is 0 Å². The smallest absolute Gasteiger partial charge is 0.354 e. The van der Waals surface area contributed by atoms with Gasteiger partial charge in [-0.3, -0.25) is 9.48 Å². The Balaban J connectivity index is 1.69. The van der Waals surface area contributed by atoms with Crippen LogP contribution in [0.25, 0.3) is 0 Å². The first kappa shape index (κ1) is 18.7. The summed E-state index contributed by atoms with van der Waals surface area (Å²) in [4.78, 5) is 18.1. The highest BCUT2D eigenvalue weighted by molar-refractivity contribution is 9.10. The normalized spacial score (nSPS) is 18.0. The summed E-state index contributed by atoms with van der Waals surface area (Å²) in [5, 5.41) is 6.92. The van der Waals surface area contributed by atoms with E-state index in [0.29, 0.717) is 24.5 Å². The van der Waals surface area contributed by atoms with Crippen molar-refractivity contribution in [1.82, 2.24) is 20.1 Å². The summed E-state index contributed by atoms with van der Waals surface area (Å²) < 4.78 is 40.2. The zero-order valence-electron chi connectivity index (χ0n) is 13.9. The number of aromatic nitrogens is 3. The Morgan fingerprint density at radius 1 is 1.38 bits per heavy atom. The molecule has 140 valence electrons. The fraction of sp³-hybridized carbons (Fsp3) is 0.438. The largest absolute Gasteiger partial charge is 0.417 e. The van der Waals surface area contributed by atoms with E-state index in [0.717, 1.165) is 25.1 Å². The second-order valence-corrected chi connectivity index (χ2v) is 7.04. The Morgan fingerprint density at radius 2 is 2.15 bits per heavy atom. The molecule has 1 amide bonds. The molecular weight excluding hydrogens is 415 g/mol. The minimum atomic E-state index is -4.43. The van der Waals surface area contributed by atoms with Gasteiger partial charge in [-0.15, -0.1) is 0 Å². The van der Waals surface area contributed by atoms with E-state index < -0.39 is 11.7 Å². The first-order valence-corrected chi connectivity index (χ1v) is 8.80. The third kappa shape index (κ3) is 4.17. The lowest BCUT2D eigenvalue weighted by Crippen LogP contribution is -2.48. The molecule has 0 aliphatic carbocycles. The molecular formula is C16H17BrF3N5O. The fourth-order valence-electron chi connectivity index (χ4n) is 2.91. The van der Waals surface area contributed by atoms with Crippen LogP contribution < -0.4 is 10.2 Å². The number of amides is 1. The van der Waals surface area contributed by atoms with E-state index in [4.69, 9.17) is 0 Å². The second kappa shape index (κ2) is 7.26. The van der Waals surface area contributed by atoms with Gasteiger partial charge in [0.1, 0.15) is 5.82 Å². The summed E-state index contributed by atoms with van der Waals surface area (Å²) >= 11 is 3.18. The molecule has 3 heterocycles. The number of pyridine rings is 1. The quantitative estimate of drug-likeness (QED) is 0.811. The lowest BCUT2D eigenvalue weighted by atomic mass is 10.1. The van der Waals surface area contributed by atoms with Gasteiger partial charge in [-0.05, 0) is 34.8 Å². The first-order valence-electron chi connectivity index (χ1n) is 8.01. The van der Waals surface area contributed by atoms with E-state index in [-0.39, 0.29) is 16.4 Å². The summed E-state index contributed by atoms with van der Waals surface area (Å²) in [5.74, 6) is 0.225. The number of piperidine rings is 1. The Labute approximate surface area is 156 Å². The zero-order valence-corrected chi connectivity index (χ0v) is 15.5. The van der Waals surface area contributed by atoms with Crippen molar-refractivity contribution in [2.45, 2.75) is 25.1 Å². The summed E-state index contributed by atoms with van der Waals surface area (Å²) in [6.07, 6.45) is 1.11. The predicted molar refractivity (Wildman–Crippen MR) is 92.8 cm³/mol. The maximum absolute atomic E-state index is 12.8. The number of carbonyl (C=O) groups excluding carboxylic acids is 1. The molecule has 1 N–H and O–H groups in total. The third-order valence-electron chi connectivity index (χ3n) is 4.17. The molecule has 1 saturated heterocycles. The summed E-state index contributed by atoms with van der Waals surface area (Å²) in [6, 6.07) is 0.910. The molecule has 1 atom stereocenters. The molecule has 0 saturated carbocycles. The van der Waals surface area contributed by atoms with Crippen LogP contribution in [0.4, 0.5) is 19.0 Å². The van der Waals surface area contributed by atoms with Crippen LogP contribution in [0.15, 0.2) is 29.1 Å². The van der Waals surface area contributed by atoms with Gasteiger partial charge in [0.05, 0.1) is 21.8 Å². The van der Waals surface area contributed by atoms with Gasteiger partial charge in [-0.1, -0.05) is 0 Å². The molecule has 0 radical (unpaired) electrons. The van der Waals surface area contributed by atoms with Crippen molar-refractivity contribution in [3.8, 4) is 0 Å². The van der Waals surface area contributed by atoms with Crippen molar-refractivity contribution in [1.29, 1.82) is 0 Å². The summed E-state index contributed by atoms with van der Waals surface area (Å²) in [7, 11) is 1.73. The number of hydrogen-bond acceptors (Lipinski definition) is 4. The molecule has 0 aromatic carbocycles. The van der Waals surface area contributed by atoms with Crippen LogP contribution in [-0.2, 0) is 13.2 Å². The molecule has 1 aliphatic heterocycles. The highest BCUT2D eigenvalue weighted by Crippen LogP contribution is 2.34. The SMILES string of the molecule is Cn1cc(C(=O)NC2CCCN(c3ncc(C(F)(F)F)cc3Br)C2)cn1. The van der Waals surface area contributed by atoms with Gasteiger partial charge in [-0.25, -0.2) is 4.98 Å². The summed E-state index contributed by atoms with van der Waals surface area (Å²) in [6.45, 7) is 1.14. The predicted octanol–water partition coefficient (Wildman–Crippen LogP) is 3.00. The van der Waals surface area contributed by atoms with Crippen molar-refractivity contribution in [3.05, 3.63) is 40.3 Å². The minimum absolute atomic E-state index is 0.118. The van der Waals surface area contributed by atoms with E-state index in [1.165, 1.54) is 6.20 Å². The maximum atomic E-state index is 12.8. The van der Waals surface area contributed by atoms with E-state index in [2.05, 4.69) is 31.3 Å². The number of halogens is 4. The molecule has 1 fully saturated rings. The highest BCUT2D eigenvalue weighted by atomic mass is 79.9. The van der Waals surface area contributed by atoms with Crippen LogP contribution in [0.1, 0.15) is 28.8 Å². The number of alkyl halides is 3. The molecule has 3 rings (SSSR count).